The molecular weight excluding hydrogens is 312 g/mol. The van der Waals surface area contributed by atoms with Crippen molar-refractivity contribution in [1.29, 1.82) is 0 Å². The smallest absolute Gasteiger partial charge is 0.261 e. The summed E-state index contributed by atoms with van der Waals surface area (Å²) >= 11 is 0. The van der Waals surface area contributed by atoms with E-state index < -0.39 is 10.0 Å². The second-order valence-corrected chi connectivity index (χ2v) is 7.25. The first-order valence-electron chi connectivity index (χ1n) is 7.57. The molecule has 0 radical (unpaired) electrons. The lowest BCUT2D eigenvalue weighted by molar-refractivity contribution is 0.122. The van der Waals surface area contributed by atoms with Crippen molar-refractivity contribution in [3.63, 3.8) is 0 Å². The molecule has 1 aliphatic rings. The van der Waals surface area contributed by atoms with Crippen LogP contribution in [0.1, 0.15) is 5.56 Å². The highest BCUT2D eigenvalue weighted by molar-refractivity contribution is 7.92. The second kappa shape index (κ2) is 6.60. The number of aryl methyl sites for hydroxylation is 1. The van der Waals surface area contributed by atoms with E-state index in [1.54, 1.807) is 30.3 Å². The number of nitrogens with one attached hydrogen (secondary N) is 1. The third-order valence-corrected chi connectivity index (χ3v) is 5.20. The Labute approximate surface area is 136 Å². The molecule has 1 fully saturated rings. The maximum atomic E-state index is 12.5. The van der Waals surface area contributed by atoms with E-state index in [9.17, 15) is 8.42 Å². The van der Waals surface area contributed by atoms with E-state index in [1.807, 2.05) is 25.1 Å². The Hall–Kier alpha value is -2.05. The number of hydrogen-bond donors (Lipinski definition) is 1. The number of morpholine rings is 1. The van der Waals surface area contributed by atoms with Gasteiger partial charge in [-0.25, -0.2) is 8.42 Å². The molecule has 122 valence electrons. The van der Waals surface area contributed by atoms with Crippen LogP contribution >= 0.6 is 0 Å². The Morgan fingerprint density at radius 3 is 2.43 bits per heavy atom. The summed E-state index contributed by atoms with van der Waals surface area (Å²) in [5, 5.41) is 0. The lowest BCUT2D eigenvalue weighted by atomic mass is 10.2. The zero-order chi connectivity index (χ0) is 16.3. The van der Waals surface area contributed by atoms with Crippen molar-refractivity contribution in [1.82, 2.24) is 0 Å². The molecule has 1 N–H and O–H groups in total. The SMILES string of the molecule is Cc1ccc(S(=O)(=O)Nc2cccc(N3CCOCC3)c2)cc1. The van der Waals surface area contributed by atoms with Crippen LogP contribution in [0, 0.1) is 6.92 Å². The van der Waals surface area contributed by atoms with Crippen LogP contribution in [-0.4, -0.2) is 34.7 Å². The maximum absolute atomic E-state index is 12.5. The Bertz CT molecular complexity index is 767. The zero-order valence-corrected chi connectivity index (χ0v) is 13.8. The molecule has 2 aromatic rings. The van der Waals surface area contributed by atoms with Gasteiger partial charge in [-0.1, -0.05) is 23.8 Å². The molecule has 6 heteroatoms. The first kappa shape index (κ1) is 15.8. The summed E-state index contributed by atoms with van der Waals surface area (Å²) in [6.45, 7) is 4.94. The standard InChI is InChI=1S/C17H20N2O3S/c1-14-5-7-17(8-6-14)23(20,21)18-15-3-2-4-16(13-15)19-9-11-22-12-10-19/h2-8,13,18H,9-12H2,1H3. The molecule has 1 heterocycles. The van der Waals surface area contributed by atoms with Gasteiger partial charge in [-0.2, -0.15) is 0 Å². The van der Waals surface area contributed by atoms with Crippen molar-refractivity contribution >= 4 is 21.4 Å². The number of sulfonamides is 1. The van der Waals surface area contributed by atoms with Gasteiger partial charge in [0.1, 0.15) is 0 Å². The average Bonchev–Trinajstić information content (AvgIpc) is 2.56. The van der Waals surface area contributed by atoms with E-state index >= 15 is 0 Å². The number of hydrogen-bond acceptors (Lipinski definition) is 4. The summed E-state index contributed by atoms with van der Waals surface area (Å²) in [7, 11) is -3.57. The normalized spacial score (nSPS) is 15.4. The van der Waals surface area contributed by atoms with Crippen LogP contribution in [0.4, 0.5) is 11.4 Å². The highest BCUT2D eigenvalue weighted by atomic mass is 32.2. The predicted octanol–water partition coefficient (Wildman–Crippen LogP) is 2.63. The fraction of sp³-hybridized carbons (Fsp3) is 0.294. The van der Waals surface area contributed by atoms with Crippen LogP contribution in [0.15, 0.2) is 53.4 Å². The van der Waals surface area contributed by atoms with Crippen molar-refractivity contribution in [2.24, 2.45) is 0 Å². The maximum Gasteiger partial charge on any atom is 0.261 e. The van der Waals surface area contributed by atoms with Crippen molar-refractivity contribution in [3.8, 4) is 0 Å². The lowest BCUT2D eigenvalue weighted by Gasteiger charge is -2.29. The third-order valence-electron chi connectivity index (χ3n) is 3.81. The molecule has 5 nitrogen and oxygen atoms in total. The van der Waals surface area contributed by atoms with Crippen LogP contribution in [0.25, 0.3) is 0 Å². The zero-order valence-electron chi connectivity index (χ0n) is 13.0. The minimum Gasteiger partial charge on any atom is -0.378 e. The van der Waals surface area contributed by atoms with Crippen molar-refractivity contribution in [3.05, 3.63) is 54.1 Å². The van der Waals surface area contributed by atoms with Crippen molar-refractivity contribution in [2.45, 2.75) is 11.8 Å². The second-order valence-electron chi connectivity index (χ2n) is 5.57. The summed E-state index contributed by atoms with van der Waals surface area (Å²) in [5.74, 6) is 0. The highest BCUT2D eigenvalue weighted by Crippen LogP contribution is 2.23. The van der Waals surface area contributed by atoms with E-state index in [-0.39, 0.29) is 4.90 Å². The van der Waals surface area contributed by atoms with Gasteiger partial charge in [0.05, 0.1) is 23.8 Å². The van der Waals surface area contributed by atoms with Gasteiger partial charge in [0.2, 0.25) is 0 Å². The Morgan fingerprint density at radius 1 is 1.04 bits per heavy atom. The van der Waals surface area contributed by atoms with Gasteiger partial charge in [-0.05, 0) is 37.3 Å². The molecule has 0 bridgehead atoms. The fourth-order valence-corrected chi connectivity index (χ4v) is 3.57. The molecule has 1 saturated heterocycles. The van der Waals surface area contributed by atoms with Gasteiger partial charge in [-0.3, -0.25) is 4.72 Å². The third kappa shape index (κ3) is 3.83. The van der Waals surface area contributed by atoms with E-state index in [0.717, 1.165) is 24.3 Å². The molecule has 3 rings (SSSR count). The Morgan fingerprint density at radius 2 is 1.74 bits per heavy atom. The molecule has 0 spiro atoms. The molecule has 2 aromatic carbocycles. The number of anilines is 2. The molecule has 1 aliphatic heterocycles. The lowest BCUT2D eigenvalue weighted by Crippen LogP contribution is -2.36. The highest BCUT2D eigenvalue weighted by Gasteiger charge is 2.15. The predicted molar refractivity (Wildman–Crippen MR) is 91.5 cm³/mol. The molecule has 0 unspecified atom stereocenters. The van der Waals surface area contributed by atoms with E-state index in [1.165, 1.54) is 0 Å². The quantitative estimate of drug-likeness (QED) is 0.935. The van der Waals surface area contributed by atoms with Crippen LogP contribution in [0.2, 0.25) is 0 Å². The summed E-state index contributed by atoms with van der Waals surface area (Å²) < 4.78 is 32.9. The molecule has 23 heavy (non-hydrogen) atoms. The number of ether oxygens (including phenoxy) is 1. The Balaban J connectivity index is 1.80. The van der Waals surface area contributed by atoms with E-state index in [2.05, 4.69) is 9.62 Å². The van der Waals surface area contributed by atoms with Gasteiger partial charge in [0.15, 0.2) is 0 Å². The van der Waals surface area contributed by atoms with Gasteiger partial charge in [0.25, 0.3) is 10.0 Å². The molecule has 0 aromatic heterocycles. The van der Waals surface area contributed by atoms with Gasteiger partial charge >= 0.3 is 0 Å². The van der Waals surface area contributed by atoms with Gasteiger partial charge in [0, 0.05) is 18.8 Å². The minimum atomic E-state index is -3.57. The van der Waals surface area contributed by atoms with E-state index in [4.69, 9.17) is 4.74 Å². The first-order chi connectivity index (χ1) is 11.0. The largest absolute Gasteiger partial charge is 0.378 e. The summed E-state index contributed by atoms with van der Waals surface area (Å²) in [5.41, 5.74) is 2.59. The molecule has 0 saturated carbocycles. The number of rotatable bonds is 4. The Kier molecular flexibility index (Phi) is 4.54. The summed E-state index contributed by atoms with van der Waals surface area (Å²) in [6, 6.07) is 14.3. The average molecular weight is 332 g/mol. The summed E-state index contributed by atoms with van der Waals surface area (Å²) in [6.07, 6.45) is 0. The van der Waals surface area contributed by atoms with Crippen molar-refractivity contribution < 1.29 is 13.2 Å². The van der Waals surface area contributed by atoms with Crippen LogP contribution < -0.4 is 9.62 Å². The molecule has 0 aliphatic carbocycles. The molecule has 0 atom stereocenters. The van der Waals surface area contributed by atoms with Gasteiger partial charge in [-0.15, -0.1) is 0 Å². The fourth-order valence-electron chi connectivity index (χ4n) is 2.52. The number of benzene rings is 2. The van der Waals surface area contributed by atoms with Crippen molar-refractivity contribution in [2.75, 3.05) is 35.9 Å². The van der Waals surface area contributed by atoms with Crippen LogP contribution in [0.3, 0.4) is 0 Å². The minimum absolute atomic E-state index is 0.264. The van der Waals surface area contributed by atoms with Crippen LogP contribution in [0.5, 0.6) is 0 Å². The first-order valence-corrected chi connectivity index (χ1v) is 9.05. The monoisotopic (exact) mass is 332 g/mol. The summed E-state index contributed by atoms with van der Waals surface area (Å²) in [4.78, 5) is 2.45. The number of nitrogens with zero attached hydrogens (tertiary/aromatic N) is 1. The van der Waals surface area contributed by atoms with E-state index in [0.29, 0.717) is 18.9 Å². The molecule has 0 amide bonds. The topological polar surface area (TPSA) is 58.6 Å². The van der Waals surface area contributed by atoms with Gasteiger partial charge < -0.3 is 9.64 Å². The molecular formula is C17H20N2O3S. The van der Waals surface area contributed by atoms with Crippen LogP contribution in [-0.2, 0) is 14.8 Å².